The molecule has 1 fully saturated rings. The third-order valence-corrected chi connectivity index (χ3v) is 5.59. The number of nitrogens with zero attached hydrogens (tertiary/aromatic N) is 2. The number of anilines is 1. The van der Waals surface area contributed by atoms with Crippen molar-refractivity contribution >= 4 is 11.6 Å². The van der Waals surface area contributed by atoms with E-state index in [4.69, 9.17) is 4.74 Å². The Morgan fingerprint density at radius 2 is 1.96 bits per heavy atom. The molecule has 0 saturated carbocycles. The fourth-order valence-electron chi connectivity index (χ4n) is 4.29. The van der Waals surface area contributed by atoms with E-state index in [2.05, 4.69) is 54.3 Å². The van der Waals surface area contributed by atoms with Gasteiger partial charge in [0, 0.05) is 31.9 Å². The number of hydrogen-bond donors (Lipinski definition) is 0. The van der Waals surface area contributed by atoms with Gasteiger partial charge in [-0.25, -0.2) is 0 Å². The average Bonchev–Trinajstić information content (AvgIpc) is 2.69. The second-order valence-corrected chi connectivity index (χ2v) is 7.65. The summed E-state index contributed by atoms with van der Waals surface area (Å²) in [7, 11) is 0. The zero-order valence-electron chi connectivity index (χ0n) is 16.1. The van der Waals surface area contributed by atoms with Crippen molar-refractivity contribution in [1.82, 2.24) is 4.90 Å². The third-order valence-electron chi connectivity index (χ3n) is 5.59. The van der Waals surface area contributed by atoms with Crippen LogP contribution in [0, 0.1) is 6.92 Å². The van der Waals surface area contributed by atoms with Gasteiger partial charge in [0.1, 0.15) is 0 Å². The maximum atomic E-state index is 13.1. The summed E-state index contributed by atoms with van der Waals surface area (Å²) >= 11 is 0. The second-order valence-electron chi connectivity index (χ2n) is 7.65. The minimum Gasteiger partial charge on any atom is -0.375 e. The molecule has 0 aromatic heterocycles. The molecule has 1 unspecified atom stereocenters. The summed E-state index contributed by atoms with van der Waals surface area (Å²) in [4.78, 5) is 17.5. The normalized spacial score (nSPS) is 20.3. The van der Waals surface area contributed by atoms with E-state index in [9.17, 15) is 4.79 Å². The maximum absolute atomic E-state index is 13.1. The molecule has 0 radical (unpaired) electrons. The minimum atomic E-state index is -0.0237. The first-order valence-corrected chi connectivity index (χ1v) is 9.97. The van der Waals surface area contributed by atoms with E-state index in [0.29, 0.717) is 13.0 Å². The summed E-state index contributed by atoms with van der Waals surface area (Å²) in [6.07, 6.45) is 2.53. The molecular formula is C23H28N2O2. The van der Waals surface area contributed by atoms with E-state index in [-0.39, 0.29) is 12.0 Å². The molecule has 2 aromatic rings. The largest absolute Gasteiger partial charge is 0.375 e. The fraction of sp³-hybridized carbons (Fsp3) is 0.435. The van der Waals surface area contributed by atoms with Crippen molar-refractivity contribution in [3.63, 3.8) is 0 Å². The number of amides is 1. The van der Waals surface area contributed by atoms with Gasteiger partial charge >= 0.3 is 0 Å². The second kappa shape index (κ2) is 8.24. The highest BCUT2D eigenvalue weighted by Crippen LogP contribution is 2.31. The van der Waals surface area contributed by atoms with E-state index in [0.717, 1.165) is 44.7 Å². The molecule has 1 amide bonds. The average molecular weight is 364 g/mol. The molecule has 0 bridgehead atoms. The van der Waals surface area contributed by atoms with Crippen LogP contribution in [0.1, 0.15) is 29.5 Å². The highest BCUT2D eigenvalue weighted by Gasteiger charge is 2.28. The van der Waals surface area contributed by atoms with Gasteiger partial charge in [-0.3, -0.25) is 9.69 Å². The SMILES string of the molecule is Cc1cccc2c1N(C(=O)CC1CN(Cc3ccccc3)CCO1)CCC2. The molecule has 4 heteroatoms. The van der Waals surface area contributed by atoms with Crippen LogP contribution in [0.5, 0.6) is 0 Å². The van der Waals surface area contributed by atoms with Crippen molar-refractivity contribution in [3.05, 3.63) is 65.2 Å². The maximum Gasteiger partial charge on any atom is 0.229 e. The van der Waals surface area contributed by atoms with E-state index >= 15 is 0 Å². The van der Waals surface area contributed by atoms with Crippen LogP contribution in [0.25, 0.3) is 0 Å². The van der Waals surface area contributed by atoms with Gasteiger partial charge in [0.05, 0.1) is 19.1 Å². The topological polar surface area (TPSA) is 32.8 Å². The Morgan fingerprint density at radius 1 is 1.11 bits per heavy atom. The molecule has 1 atom stereocenters. The third kappa shape index (κ3) is 4.23. The summed E-state index contributed by atoms with van der Waals surface area (Å²) in [5.74, 6) is 0.191. The van der Waals surface area contributed by atoms with Crippen molar-refractivity contribution in [3.8, 4) is 0 Å². The predicted molar refractivity (Wildman–Crippen MR) is 108 cm³/mol. The summed E-state index contributed by atoms with van der Waals surface area (Å²) in [5, 5.41) is 0. The Balaban J connectivity index is 1.40. The van der Waals surface area contributed by atoms with Gasteiger partial charge < -0.3 is 9.64 Å². The molecule has 0 aliphatic carbocycles. The molecule has 4 nitrogen and oxygen atoms in total. The molecule has 0 N–H and O–H groups in total. The van der Waals surface area contributed by atoms with E-state index in [1.807, 2.05) is 11.0 Å². The molecule has 142 valence electrons. The smallest absolute Gasteiger partial charge is 0.229 e. The lowest BCUT2D eigenvalue weighted by Crippen LogP contribution is -2.45. The van der Waals surface area contributed by atoms with Crippen LogP contribution < -0.4 is 4.90 Å². The Morgan fingerprint density at radius 3 is 2.81 bits per heavy atom. The fourth-order valence-corrected chi connectivity index (χ4v) is 4.29. The van der Waals surface area contributed by atoms with Crippen molar-refractivity contribution < 1.29 is 9.53 Å². The first kappa shape index (κ1) is 18.2. The predicted octanol–water partition coefficient (Wildman–Crippen LogP) is 3.57. The van der Waals surface area contributed by atoms with Gasteiger partial charge in [-0.1, -0.05) is 48.5 Å². The van der Waals surface area contributed by atoms with Gasteiger partial charge in [-0.15, -0.1) is 0 Å². The van der Waals surface area contributed by atoms with Gasteiger partial charge in [0.15, 0.2) is 0 Å². The van der Waals surface area contributed by atoms with Crippen molar-refractivity contribution in [2.24, 2.45) is 0 Å². The van der Waals surface area contributed by atoms with Crippen molar-refractivity contribution in [1.29, 1.82) is 0 Å². The summed E-state index contributed by atoms with van der Waals surface area (Å²) in [5.41, 5.74) is 4.93. The molecular weight excluding hydrogens is 336 g/mol. The number of rotatable bonds is 4. The van der Waals surface area contributed by atoms with E-state index < -0.39 is 0 Å². The first-order valence-electron chi connectivity index (χ1n) is 9.97. The zero-order chi connectivity index (χ0) is 18.6. The molecule has 2 aliphatic rings. The lowest BCUT2D eigenvalue weighted by Gasteiger charge is -2.35. The van der Waals surface area contributed by atoms with Crippen LogP contribution in [0.3, 0.4) is 0 Å². The van der Waals surface area contributed by atoms with Gasteiger partial charge in [0.2, 0.25) is 5.91 Å². The standard InChI is InChI=1S/C23H28N2O2/c1-18-7-5-10-20-11-6-12-25(23(18)20)22(26)15-21-17-24(13-14-27-21)16-19-8-3-2-4-9-19/h2-5,7-10,21H,6,11-17H2,1H3. The lowest BCUT2D eigenvalue weighted by atomic mass is 9.97. The quantitative estimate of drug-likeness (QED) is 0.832. The van der Waals surface area contributed by atoms with Gasteiger partial charge in [-0.2, -0.15) is 0 Å². The Kier molecular flexibility index (Phi) is 5.55. The van der Waals surface area contributed by atoms with Crippen LogP contribution in [0.15, 0.2) is 48.5 Å². The highest BCUT2D eigenvalue weighted by molar-refractivity contribution is 5.95. The monoisotopic (exact) mass is 364 g/mol. The van der Waals surface area contributed by atoms with Gasteiger partial charge in [0.25, 0.3) is 0 Å². The lowest BCUT2D eigenvalue weighted by molar-refractivity contribution is -0.123. The molecule has 0 spiro atoms. The number of benzene rings is 2. The number of fused-ring (bicyclic) bond motifs is 1. The minimum absolute atomic E-state index is 0.0237. The van der Waals surface area contributed by atoms with Crippen LogP contribution in [-0.2, 0) is 22.5 Å². The van der Waals surface area contributed by atoms with Crippen LogP contribution in [0.4, 0.5) is 5.69 Å². The number of ether oxygens (including phenoxy) is 1. The summed E-state index contributed by atoms with van der Waals surface area (Å²) < 4.78 is 5.94. The van der Waals surface area contributed by atoms with Crippen molar-refractivity contribution in [2.75, 3.05) is 31.1 Å². The zero-order valence-corrected chi connectivity index (χ0v) is 16.1. The van der Waals surface area contributed by atoms with Crippen LogP contribution in [0.2, 0.25) is 0 Å². The molecule has 27 heavy (non-hydrogen) atoms. The Labute approximate surface area is 161 Å². The number of hydrogen-bond acceptors (Lipinski definition) is 3. The number of aryl methyl sites for hydroxylation is 2. The molecule has 1 saturated heterocycles. The molecule has 4 rings (SSSR count). The number of carbonyl (C=O) groups excluding carboxylic acids is 1. The van der Waals surface area contributed by atoms with Crippen LogP contribution >= 0.6 is 0 Å². The van der Waals surface area contributed by atoms with Crippen LogP contribution in [-0.4, -0.2) is 43.2 Å². The summed E-state index contributed by atoms with van der Waals surface area (Å²) in [6.45, 7) is 6.27. The number of para-hydroxylation sites is 1. The highest BCUT2D eigenvalue weighted by atomic mass is 16.5. The van der Waals surface area contributed by atoms with Crippen molar-refractivity contribution in [2.45, 2.75) is 38.8 Å². The molecule has 2 heterocycles. The first-order chi connectivity index (χ1) is 13.2. The Hall–Kier alpha value is -2.17. The van der Waals surface area contributed by atoms with E-state index in [1.54, 1.807) is 0 Å². The molecule has 2 aliphatic heterocycles. The summed E-state index contributed by atoms with van der Waals surface area (Å²) in [6, 6.07) is 16.9. The van der Waals surface area contributed by atoms with Gasteiger partial charge in [-0.05, 0) is 36.5 Å². The number of morpholine rings is 1. The van der Waals surface area contributed by atoms with E-state index in [1.165, 1.54) is 16.7 Å². The number of carbonyl (C=O) groups is 1. The Bertz CT molecular complexity index is 790. The molecule has 2 aromatic carbocycles.